The van der Waals surface area contributed by atoms with Crippen LogP contribution >= 0.6 is 0 Å². The lowest BCUT2D eigenvalue weighted by Gasteiger charge is -2.23. The Bertz CT molecular complexity index is 378. The van der Waals surface area contributed by atoms with Crippen LogP contribution in [0.5, 0.6) is 0 Å². The number of alkyl halides is 3. The van der Waals surface area contributed by atoms with Crippen LogP contribution in [0.15, 0.2) is 6.07 Å². The van der Waals surface area contributed by atoms with Gasteiger partial charge in [-0.3, -0.25) is 4.68 Å². The molecule has 96 valence electrons. The fraction of sp³-hybridized carbons (Fsp3) is 0.727. The molecule has 2 rings (SSSR count). The lowest BCUT2D eigenvalue weighted by Crippen LogP contribution is -2.37. The van der Waals surface area contributed by atoms with Crippen molar-refractivity contribution < 1.29 is 13.2 Å². The van der Waals surface area contributed by atoms with Crippen LogP contribution in [0.4, 0.5) is 13.2 Å². The maximum Gasteiger partial charge on any atom is 0.435 e. The third-order valence-corrected chi connectivity index (χ3v) is 3.08. The summed E-state index contributed by atoms with van der Waals surface area (Å²) >= 11 is 0. The molecule has 6 heteroatoms. The van der Waals surface area contributed by atoms with Crippen LogP contribution in [0, 0.1) is 6.92 Å². The summed E-state index contributed by atoms with van der Waals surface area (Å²) in [5, 5.41) is 6.93. The zero-order valence-corrected chi connectivity index (χ0v) is 9.72. The molecule has 0 aromatic carbocycles. The van der Waals surface area contributed by atoms with Crippen molar-refractivity contribution in [1.82, 2.24) is 15.1 Å². The van der Waals surface area contributed by atoms with Crippen molar-refractivity contribution in [2.45, 2.75) is 44.9 Å². The molecule has 1 aliphatic heterocycles. The summed E-state index contributed by atoms with van der Waals surface area (Å²) in [5.41, 5.74) is -0.240. The van der Waals surface area contributed by atoms with E-state index in [0.29, 0.717) is 12.2 Å². The normalized spacial score (nSPS) is 21.8. The minimum Gasteiger partial charge on any atom is -0.312 e. The van der Waals surface area contributed by atoms with Gasteiger partial charge in [0, 0.05) is 11.7 Å². The molecule has 17 heavy (non-hydrogen) atoms. The first-order chi connectivity index (χ1) is 7.97. The van der Waals surface area contributed by atoms with Gasteiger partial charge in [0.05, 0.1) is 6.54 Å². The van der Waals surface area contributed by atoms with Crippen LogP contribution in [0.3, 0.4) is 0 Å². The minimum absolute atomic E-state index is 0.239. The van der Waals surface area contributed by atoms with Crippen LogP contribution in [-0.2, 0) is 12.7 Å². The summed E-state index contributed by atoms with van der Waals surface area (Å²) in [5.74, 6) is 0. The Balaban J connectivity index is 2.07. The highest BCUT2D eigenvalue weighted by Crippen LogP contribution is 2.28. The number of rotatable bonds is 2. The number of halogens is 3. The molecule has 0 bridgehead atoms. The highest BCUT2D eigenvalue weighted by molar-refractivity contribution is 5.11. The quantitative estimate of drug-likeness (QED) is 0.869. The van der Waals surface area contributed by atoms with E-state index in [1.807, 2.05) is 0 Å². The van der Waals surface area contributed by atoms with Crippen LogP contribution in [-0.4, -0.2) is 22.4 Å². The average molecular weight is 247 g/mol. The maximum atomic E-state index is 12.5. The predicted molar refractivity (Wildman–Crippen MR) is 57.6 cm³/mol. The van der Waals surface area contributed by atoms with Crippen molar-refractivity contribution in [1.29, 1.82) is 0 Å². The van der Waals surface area contributed by atoms with E-state index >= 15 is 0 Å². The third kappa shape index (κ3) is 3.00. The number of nitrogens with one attached hydrogen (secondary N) is 1. The number of aryl methyl sites for hydroxylation is 1. The Morgan fingerprint density at radius 3 is 2.76 bits per heavy atom. The molecular formula is C11H16F3N3. The molecule has 3 nitrogen and oxygen atoms in total. The van der Waals surface area contributed by atoms with Crippen molar-refractivity contribution in [2.24, 2.45) is 0 Å². The molecule has 1 aliphatic rings. The van der Waals surface area contributed by atoms with E-state index in [0.717, 1.165) is 31.9 Å². The van der Waals surface area contributed by atoms with Gasteiger partial charge in [0.15, 0.2) is 5.69 Å². The number of nitrogens with zero attached hydrogens (tertiary/aromatic N) is 2. The van der Waals surface area contributed by atoms with Crippen molar-refractivity contribution in [3.8, 4) is 0 Å². The zero-order chi connectivity index (χ0) is 12.5. The SMILES string of the molecule is Cc1cc(C(F)(F)F)nn1C[C@@H]1CCCCN1. The molecule has 0 unspecified atom stereocenters. The molecule has 1 aromatic heterocycles. The first-order valence-corrected chi connectivity index (χ1v) is 5.82. The second kappa shape index (κ2) is 4.68. The van der Waals surface area contributed by atoms with Crippen LogP contribution in [0.25, 0.3) is 0 Å². The fourth-order valence-electron chi connectivity index (χ4n) is 2.12. The van der Waals surface area contributed by atoms with E-state index in [4.69, 9.17) is 0 Å². The summed E-state index contributed by atoms with van der Waals surface area (Å²) in [6.45, 7) is 3.12. The Morgan fingerprint density at radius 1 is 1.47 bits per heavy atom. The lowest BCUT2D eigenvalue weighted by molar-refractivity contribution is -0.141. The van der Waals surface area contributed by atoms with E-state index in [1.165, 1.54) is 4.68 Å². The Hall–Kier alpha value is -1.04. The van der Waals surface area contributed by atoms with Crippen molar-refractivity contribution in [3.05, 3.63) is 17.5 Å². The average Bonchev–Trinajstić information content (AvgIpc) is 2.62. The Kier molecular flexibility index (Phi) is 3.42. The van der Waals surface area contributed by atoms with Crippen LogP contribution in [0.1, 0.15) is 30.7 Å². The summed E-state index contributed by atoms with van der Waals surface area (Å²) in [6, 6.07) is 1.34. The summed E-state index contributed by atoms with van der Waals surface area (Å²) in [7, 11) is 0. The second-order valence-corrected chi connectivity index (χ2v) is 4.50. The number of aromatic nitrogens is 2. The van der Waals surface area contributed by atoms with E-state index in [2.05, 4.69) is 10.4 Å². The number of hydrogen-bond acceptors (Lipinski definition) is 2. The van der Waals surface area contributed by atoms with Gasteiger partial charge < -0.3 is 5.32 Å². The summed E-state index contributed by atoms with van der Waals surface area (Å²) < 4.78 is 38.9. The van der Waals surface area contributed by atoms with Crippen LogP contribution in [0.2, 0.25) is 0 Å². The molecule has 1 saturated heterocycles. The van der Waals surface area contributed by atoms with Gasteiger partial charge >= 0.3 is 6.18 Å². The molecule has 0 aliphatic carbocycles. The summed E-state index contributed by atoms with van der Waals surface area (Å²) in [4.78, 5) is 0. The fourth-order valence-corrected chi connectivity index (χ4v) is 2.12. The molecule has 0 spiro atoms. The first kappa shape index (κ1) is 12.4. The van der Waals surface area contributed by atoms with Crippen molar-refractivity contribution in [3.63, 3.8) is 0 Å². The van der Waals surface area contributed by atoms with Crippen LogP contribution < -0.4 is 5.32 Å². The van der Waals surface area contributed by atoms with Crippen molar-refractivity contribution in [2.75, 3.05) is 6.54 Å². The number of piperidine rings is 1. The van der Waals surface area contributed by atoms with E-state index in [9.17, 15) is 13.2 Å². The molecule has 1 aromatic rings. The smallest absolute Gasteiger partial charge is 0.312 e. The van der Waals surface area contributed by atoms with E-state index in [-0.39, 0.29) is 6.04 Å². The van der Waals surface area contributed by atoms with Gasteiger partial charge in [0.1, 0.15) is 0 Å². The monoisotopic (exact) mass is 247 g/mol. The minimum atomic E-state index is -4.35. The highest BCUT2D eigenvalue weighted by Gasteiger charge is 2.34. The Labute approximate surface area is 98.0 Å². The molecule has 1 atom stereocenters. The zero-order valence-electron chi connectivity index (χ0n) is 9.72. The van der Waals surface area contributed by atoms with Gasteiger partial charge in [0.2, 0.25) is 0 Å². The predicted octanol–water partition coefficient (Wildman–Crippen LogP) is 2.35. The molecule has 1 fully saturated rings. The molecule has 2 heterocycles. The topological polar surface area (TPSA) is 29.9 Å². The van der Waals surface area contributed by atoms with Crippen molar-refractivity contribution >= 4 is 0 Å². The lowest BCUT2D eigenvalue weighted by atomic mass is 10.1. The van der Waals surface area contributed by atoms with Gasteiger partial charge in [-0.15, -0.1) is 0 Å². The largest absolute Gasteiger partial charge is 0.435 e. The third-order valence-electron chi connectivity index (χ3n) is 3.08. The second-order valence-electron chi connectivity index (χ2n) is 4.50. The van der Waals surface area contributed by atoms with E-state index in [1.54, 1.807) is 6.92 Å². The van der Waals surface area contributed by atoms with Gasteiger partial charge in [-0.25, -0.2) is 0 Å². The molecule has 0 amide bonds. The standard InChI is InChI=1S/C11H16F3N3/c1-8-6-10(11(12,13)14)16-17(8)7-9-4-2-3-5-15-9/h6,9,15H,2-5,7H2,1H3/t9-/m0/s1. The Morgan fingerprint density at radius 2 is 2.24 bits per heavy atom. The summed E-state index contributed by atoms with van der Waals surface area (Å²) in [6.07, 6.45) is -1.08. The first-order valence-electron chi connectivity index (χ1n) is 5.82. The maximum absolute atomic E-state index is 12.5. The van der Waals surface area contributed by atoms with E-state index < -0.39 is 11.9 Å². The van der Waals surface area contributed by atoms with Gasteiger partial charge in [-0.05, 0) is 32.4 Å². The number of hydrogen-bond donors (Lipinski definition) is 1. The molecule has 1 N–H and O–H groups in total. The molecular weight excluding hydrogens is 231 g/mol. The molecule has 0 radical (unpaired) electrons. The molecule has 0 saturated carbocycles. The highest BCUT2D eigenvalue weighted by atomic mass is 19.4. The van der Waals surface area contributed by atoms with Gasteiger partial charge in [-0.2, -0.15) is 18.3 Å². The van der Waals surface area contributed by atoms with Gasteiger partial charge in [0.25, 0.3) is 0 Å². The van der Waals surface area contributed by atoms with Gasteiger partial charge in [-0.1, -0.05) is 6.42 Å².